The summed E-state index contributed by atoms with van der Waals surface area (Å²) in [6.07, 6.45) is 15.7. The molecule has 1 fully saturated rings. The van der Waals surface area contributed by atoms with E-state index in [1.807, 2.05) is 0 Å². The first-order valence-electron chi connectivity index (χ1n) is 9.96. The lowest BCUT2D eigenvalue weighted by Gasteiger charge is -2.36. The van der Waals surface area contributed by atoms with E-state index in [0.29, 0.717) is 0 Å². The van der Waals surface area contributed by atoms with Crippen LogP contribution < -0.4 is 4.74 Å². The lowest BCUT2D eigenvalue weighted by atomic mass is 9.69. The highest BCUT2D eigenvalue weighted by Gasteiger charge is 2.30. The summed E-state index contributed by atoms with van der Waals surface area (Å²) in [6.45, 7) is 2.31. The lowest BCUT2D eigenvalue weighted by molar-refractivity contribution is 0.183. The van der Waals surface area contributed by atoms with Crippen LogP contribution in [-0.4, -0.2) is 7.11 Å². The van der Waals surface area contributed by atoms with Gasteiger partial charge in [0.2, 0.25) is 0 Å². The standard InChI is InChI=1S/C22H34O/c1-3-4-5-6-17-7-9-18(10-8-17)19-11-12-21-16-22(23-2)14-13-20(21)15-19/h13-14,16-19H,3-12,15H2,1-2H3. The highest BCUT2D eigenvalue weighted by Crippen LogP contribution is 2.41. The monoisotopic (exact) mass is 314 g/mol. The maximum atomic E-state index is 5.38. The zero-order valence-corrected chi connectivity index (χ0v) is 15.2. The van der Waals surface area contributed by atoms with E-state index in [0.717, 1.165) is 23.5 Å². The van der Waals surface area contributed by atoms with Gasteiger partial charge in [0.1, 0.15) is 5.75 Å². The van der Waals surface area contributed by atoms with E-state index in [-0.39, 0.29) is 0 Å². The first kappa shape index (κ1) is 16.9. The van der Waals surface area contributed by atoms with E-state index in [1.165, 1.54) is 76.2 Å². The second-order valence-corrected chi connectivity index (χ2v) is 7.91. The van der Waals surface area contributed by atoms with E-state index in [9.17, 15) is 0 Å². The molecule has 1 saturated carbocycles. The topological polar surface area (TPSA) is 9.23 Å². The largest absolute Gasteiger partial charge is 0.497 e. The fourth-order valence-electron chi connectivity index (χ4n) is 4.92. The lowest BCUT2D eigenvalue weighted by Crippen LogP contribution is -2.26. The van der Waals surface area contributed by atoms with Crippen LogP contribution in [0, 0.1) is 17.8 Å². The Bertz CT molecular complexity index is 485. The van der Waals surface area contributed by atoms with Crippen LogP contribution in [0.25, 0.3) is 0 Å². The Labute approximate surface area is 142 Å². The molecule has 0 N–H and O–H groups in total. The number of aryl methyl sites for hydroxylation is 1. The van der Waals surface area contributed by atoms with Crippen LogP contribution in [0.5, 0.6) is 5.75 Å². The predicted molar refractivity (Wildman–Crippen MR) is 98.1 cm³/mol. The van der Waals surface area contributed by atoms with E-state index >= 15 is 0 Å². The van der Waals surface area contributed by atoms with Gasteiger partial charge in [0.15, 0.2) is 0 Å². The van der Waals surface area contributed by atoms with Crippen molar-refractivity contribution in [1.82, 2.24) is 0 Å². The van der Waals surface area contributed by atoms with E-state index < -0.39 is 0 Å². The van der Waals surface area contributed by atoms with Crippen molar-refractivity contribution >= 4 is 0 Å². The molecule has 23 heavy (non-hydrogen) atoms. The van der Waals surface area contributed by atoms with Crippen LogP contribution in [0.3, 0.4) is 0 Å². The average Bonchev–Trinajstić information content (AvgIpc) is 2.61. The Morgan fingerprint density at radius 3 is 2.52 bits per heavy atom. The maximum absolute atomic E-state index is 5.38. The summed E-state index contributed by atoms with van der Waals surface area (Å²) < 4.78 is 5.38. The zero-order valence-electron chi connectivity index (χ0n) is 15.2. The second-order valence-electron chi connectivity index (χ2n) is 7.91. The molecule has 1 heteroatoms. The predicted octanol–water partition coefficient (Wildman–Crippen LogP) is 6.19. The second kappa shape index (κ2) is 8.22. The molecular formula is C22H34O. The highest BCUT2D eigenvalue weighted by molar-refractivity contribution is 5.37. The molecule has 0 amide bonds. The number of unbranched alkanes of at least 4 members (excludes halogenated alkanes) is 2. The molecule has 3 rings (SSSR count). The zero-order chi connectivity index (χ0) is 16.1. The minimum Gasteiger partial charge on any atom is -0.497 e. The molecule has 0 saturated heterocycles. The summed E-state index contributed by atoms with van der Waals surface area (Å²) in [5, 5.41) is 0. The molecule has 128 valence electrons. The molecule has 0 radical (unpaired) electrons. The van der Waals surface area contributed by atoms with Crippen molar-refractivity contribution in [2.75, 3.05) is 7.11 Å². The Balaban J connectivity index is 1.50. The van der Waals surface area contributed by atoms with E-state index in [1.54, 1.807) is 12.7 Å². The molecule has 0 aromatic heterocycles. The molecular weight excluding hydrogens is 280 g/mol. The van der Waals surface area contributed by atoms with Crippen LogP contribution in [-0.2, 0) is 12.8 Å². The van der Waals surface area contributed by atoms with Crippen LogP contribution in [0.15, 0.2) is 18.2 Å². The molecule has 2 aliphatic rings. The van der Waals surface area contributed by atoms with Crippen LogP contribution in [0.2, 0.25) is 0 Å². The third-order valence-electron chi connectivity index (χ3n) is 6.45. The Morgan fingerprint density at radius 1 is 0.957 bits per heavy atom. The van der Waals surface area contributed by atoms with Gasteiger partial charge in [-0.15, -0.1) is 0 Å². The third-order valence-corrected chi connectivity index (χ3v) is 6.45. The van der Waals surface area contributed by atoms with Gasteiger partial charge in [0, 0.05) is 0 Å². The van der Waals surface area contributed by atoms with Gasteiger partial charge in [-0.1, -0.05) is 51.5 Å². The normalized spacial score (nSPS) is 27.5. The quantitative estimate of drug-likeness (QED) is 0.569. The molecule has 0 heterocycles. The number of ether oxygens (including phenoxy) is 1. The van der Waals surface area contributed by atoms with Crippen molar-refractivity contribution in [2.45, 2.75) is 77.6 Å². The molecule has 0 spiro atoms. The van der Waals surface area contributed by atoms with Crippen molar-refractivity contribution in [2.24, 2.45) is 17.8 Å². The summed E-state index contributed by atoms with van der Waals surface area (Å²) in [5.74, 6) is 3.99. The highest BCUT2D eigenvalue weighted by atomic mass is 16.5. The van der Waals surface area contributed by atoms with Gasteiger partial charge >= 0.3 is 0 Å². The molecule has 1 nitrogen and oxygen atoms in total. The summed E-state index contributed by atoms with van der Waals surface area (Å²) in [5.41, 5.74) is 3.13. The molecule has 1 aromatic carbocycles. The smallest absolute Gasteiger partial charge is 0.119 e. The molecule has 2 aliphatic carbocycles. The van der Waals surface area contributed by atoms with Gasteiger partial charge in [0.25, 0.3) is 0 Å². The first-order valence-corrected chi connectivity index (χ1v) is 9.96. The van der Waals surface area contributed by atoms with Gasteiger partial charge < -0.3 is 4.74 Å². The van der Waals surface area contributed by atoms with Gasteiger partial charge in [-0.3, -0.25) is 0 Å². The van der Waals surface area contributed by atoms with Crippen molar-refractivity contribution in [3.8, 4) is 5.75 Å². The minimum atomic E-state index is 0.937. The average molecular weight is 315 g/mol. The van der Waals surface area contributed by atoms with Gasteiger partial charge in [-0.2, -0.15) is 0 Å². The maximum Gasteiger partial charge on any atom is 0.119 e. The molecule has 0 bridgehead atoms. The number of fused-ring (bicyclic) bond motifs is 1. The minimum absolute atomic E-state index is 0.937. The summed E-state index contributed by atoms with van der Waals surface area (Å²) in [6, 6.07) is 6.72. The van der Waals surface area contributed by atoms with Crippen molar-refractivity contribution in [1.29, 1.82) is 0 Å². The number of methoxy groups -OCH3 is 1. The number of hydrogen-bond acceptors (Lipinski definition) is 1. The Hall–Kier alpha value is -0.980. The van der Waals surface area contributed by atoms with Gasteiger partial charge in [-0.25, -0.2) is 0 Å². The molecule has 1 unspecified atom stereocenters. The summed E-state index contributed by atoms with van der Waals surface area (Å²) in [7, 11) is 1.77. The van der Waals surface area contributed by atoms with Crippen LogP contribution >= 0.6 is 0 Å². The summed E-state index contributed by atoms with van der Waals surface area (Å²) in [4.78, 5) is 0. The fourth-order valence-corrected chi connectivity index (χ4v) is 4.92. The number of benzene rings is 1. The van der Waals surface area contributed by atoms with Crippen molar-refractivity contribution in [3.05, 3.63) is 29.3 Å². The van der Waals surface area contributed by atoms with Crippen molar-refractivity contribution in [3.63, 3.8) is 0 Å². The van der Waals surface area contributed by atoms with Crippen LogP contribution in [0.4, 0.5) is 0 Å². The van der Waals surface area contributed by atoms with E-state index in [4.69, 9.17) is 4.74 Å². The molecule has 1 aromatic rings. The van der Waals surface area contributed by atoms with Gasteiger partial charge in [-0.05, 0) is 73.1 Å². The first-order chi connectivity index (χ1) is 11.3. The van der Waals surface area contributed by atoms with E-state index in [2.05, 4.69) is 25.1 Å². The van der Waals surface area contributed by atoms with Crippen LogP contribution in [0.1, 0.15) is 75.8 Å². The molecule has 1 atom stereocenters. The van der Waals surface area contributed by atoms with Crippen molar-refractivity contribution < 1.29 is 4.74 Å². The van der Waals surface area contributed by atoms with Gasteiger partial charge in [0.05, 0.1) is 7.11 Å². The number of rotatable bonds is 6. The third kappa shape index (κ3) is 4.31. The summed E-state index contributed by atoms with van der Waals surface area (Å²) >= 11 is 0. The SMILES string of the molecule is CCCCCC1CCC(C2CCc3cc(OC)ccc3C2)CC1. The Morgan fingerprint density at radius 2 is 1.78 bits per heavy atom. The fraction of sp³-hybridized carbons (Fsp3) is 0.727. The number of hydrogen-bond donors (Lipinski definition) is 0. The molecule has 0 aliphatic heterocycles. The Kier molecular flexibility index (Phi) is 6.02.